The van der Waals surface area contributed by atoms with Gasteiger partial charge in [-0.05, 0) is 25.5 Å². The van der Waals surface area contributed by atoms with Crippen LogP contribution in [0.3, 0.4) is 0 Å². The first-order chi connectivity index (χ1) is 13.1. The highest BCUT2D eigenvalue weighted by Gasteiger charge is 2.23. The van der Waals surface area contributed by atoms with Crippen LogP contribution in [-0.4, -0.2) is 20.7 Å². The van der Waals surface area contributed by atoms with Crippen molar-refractivity contribution >= 4 is 27.7 Å². The van der Waals surface area contributed by atoms with Gasteiger partial charge in [0.25, 0.3) is 5.56 Å². The maximum absolute atomic E-state index is 13.0. The number of benzene rings is 2. The van der Waals surface area contributed by atoms with Gasteiger partial charge < -0.3 is 9.88 Å². The van der Waals surface area contributed by atoms with Crippen LogP contribution in [0.2, 0.25) is 0 Å². The first-order valence-electron chi connectivity index (χ1n) is 8.89. The van der Waals surface area contributed by atoms with Gasteiger partial charge in [-0.15, -0.1) is 0 Å². The summed E-state index contributed by atoms with van der Waals surface area (Å²) >= 11 is 0. The Kier molecular flexibility index (Phi) is 4.24. The molecule has 4 rings (SSSR count). The van der Waals surface area contributed by atoms with Crippen molar-refractivity contribution < 1.29 is 4.79 Å². The molecule has 2 atom stereocenters. The van der Waals surface area contributed by atoms with Crippen LogP contribution in [0.5, 0.6) is 0 Å². The molecule has 0 unspecified atom stereocenters. The number of carbonyl (C=O) groups excluding carboxylic acids is 1. The van der Waals surface area contributed by atoms with E-state index in [4.69, 9.17) is 0 Å². The van der Waals surface area contributed by atoms with Gasteiger partial charge in [0.05, 0.1) is 17.8 Å². The lowest BCUT2D eigenvalue weighted by Crippen LogP contribution is -2.33. The minimum absolute atomic E-state index is 0.130. The van der Waals surface area contributed by atoms with Gasteiger partial charge >= 0.3 is 0 Å². The lowest BCUT2D eigenvalue weighted by atomic mass is 10.1. The predicted octanol–water partition coefficient (Wildman–Crippen LogP) is 3.32. The van der Waals surface area contributed by atoms with E-state index < -0.39 is 6.04 Å². The van der Waals surface area contributed by atoms with Gasteiger partial charge in [0, 0.05) is 10.8 Å². The van der Waals surface area contributed by atoms with Crippen LogP contribution in [0.1, 0.15) is 31.5 Å². The predicted molar refractivity (Wildman–Crippen MR) is 106 cm³/mol. The minimum Gasteiger partial charge on any atom is -0.348 e. The van der Waals surface area contributed by atoms with Crippen LogP contribution < -0.4 is 10.9 Å². The van der Waals surface area contributed by atoms with Crippen molar-refractivity contribution in [1.29, 1.82) is 0 Å². The first kappa shape index (κ1) is 17.0. The number of fused-ring (bicyclic) bond motifs is 3. The van der Waals surface area contributed by atoms with E-state index in [1.807, 2.05) is 61.5 Å². The summed E-state index contributed by atoms with van der Waals surface area (Å²) < 4.78 is 1.79. The number of H-pyrrole nitrogens is 1. The Labute approximate surface area is 155 Å². The molecule has 136 valence electrons. The fourth-order valence-corrected chi connectivity index (χ4v) is 3.54. The molecular weight excluding hydrogens is 340 g/mol. The molecule has 0 radical (unpaired) electrons. The summed E-state index contributed by atoms with van der Waals surface area (Å²) in [6.07, 6.45) is 1.63. The summed E-state index contributed by atoms with van der Waals surface area (Å²) in [5.74, 6) is -0.148. The number of nitrogens with zero attached hydrogens (tertiary/aromatic N) is 2. The summed E-state index contributed by atoms with van der Waals surface area (Å²) in [7, 11) is 0. The molecule has 2 aromatic carbocycles. The van der Waals surface area contributed by atoms with Crippen molar-refractivity contribution in [3.8, 4) is 0 Å². The highest BCUT2D eigenvalue weighted by molar-refractivity contribution is 6.08. The minimum atomic E-state index is -0.554. The van der Waals surface area contributed by atoms with E-state index in [0.29, 0.717) is 5.52 Å². The molecule has 2 aromatic heterocycles. The average molecular weight is 360 g/mol. The molecule has 1 amide bonds. The Bertz CT molecular complexity index is 1180. The van der Waals surface area contributed by atoms with Crippen molar-refractivity contribution in [1.82, 2.24) is 20.1 Å². The fraction of sp³-hybridized carbons (Fsp3) is 0.190. The molecule has 0 saturated carbocycles. The van der Waals surface area contributed by atoms with Crippen molar-refractivity contribution in [3.63, 3.8) is 0 Å². The van der Waals surface area contributed by atoms with Gasteiger partial charge in [0.1, 0.15) is 11.6 Å². The molecule has 0 saturated heterocycles. The zero-order chi connectivity index (χ0) is 19.0. The van der Waals surface area contributed by atoms with Crippen LogP contribution in [-0.2, 0) is 4.79 Å². The van der Waals surface area contributed by atoms with Crippen molar-refractivity contribution in [2.24, 2.45) is 0 Å². The highest BCUT2D eigenvalue weighted by atomic mass is 16.2. The maximum Gasteiger partial charge on any atom is 0.288 e. The normalized spacial score (nSPS) is 13.6. The number of carbonyl (C=O) groups is 1. The molecule has 6 heteroatoms. The Balaban J connectivity index is 1.77. The smallest absolute Gasteiger partial charge is 0.288 e. The number of nitrogens with one attached hydrogen (secondary N) is 2. The van der Waals surface area contributed by atoms with E-state index in [1.54, 1.807) is 17.7 Å². The largest absolute Gasteiger partial charge is 0.348 e. The molecule has 27 heavy (non-hydrogen) atoms. The van der Waals surface area contributed by atoms with Crippen molar-refractivity contribution in [2.45, 2.75) is 25.9 Å². The van der Waals surface area contributed by atoms with Gasteiger partial charge in [-0.2, -0.15) is 5.10 Å². The molecule has 0 spiro atoms. The van der Waals surface area contributed by atoms with Crippen LogP contribution in [0, 0.1) is 0 Å². The Morgan fingerprint density at radius 1 is 1.04 bits per heavy atom. The molecular formula is C21H20N4O2. The van der Waals surface area contributed by atoms with Crippen molar-refractivity contribution in [2.75, 3.05) is 0 Å². The monoisotopic (exact) mass is 360 g/mol. The SMILES string of the molecule is C[C@H](NC(=O)[C@@H](C)n1c2ccccc2c2cn[nH]c(=O)c21)c1ccccc1. The molecule has 0 fully saturated rings. The molecule has 6 nitrogen and oxygen atoms in total. The molecule has 0 aliphatic rings. The number of rotatable bonds is 4. The van der Waals surface area contributed by atoms with Gasteiger partial charge in [0.15, 0.2) is 0 Å². The first-order valence-corrected chi connectivity index (χ1v) is 8.89. The lowest BCUT2D eigenvalue weighted by molar-refractivity contribution is -0.124. The molecule has 2 heterocycles. The third-order valence-electron chi connectivity index (χ3n) is 4.95. The lowest BCUT2D eigenvalue weighted by Gasteiger charge is -2.20. The summed E-state index contributed by atoms with van der Waals surface area (Å²) in [6.45, 7) is 3.75. The third kappa shape index (κ3) is 2.89. The number of amides is 1. The summed E-state index contributed by atoms with van der Waals surface area (Å²) in [5, 5.41) is 11.1. The van der Waals surface area contributed by atoms with E-state index >= 15 is 0 Å². The number of hydrogen-bond acceptors (Lipinski definition) is 3. The van der Waals surface area contributed by atoms with Gasteiger partial charge in [-0.1, -0.05) is 48.5 Å². The standard InChI is InChI=1S/C21H20N4O2/c1-13(15-8-4-3-5-9-15)23-20(26)14(2)25-18-11-7-6-10-16(18)17-12-22-24-21(27)19(17)25/h3-14H,1-2H3,(H,23,26)(H,24,27)/t13-,14+/m0/s1. The Morgan fingerprint density at radius 3 is 2.52 bits per heavy atom. The van der Waals surface area contributed by atoms with E-state index in [1.165, 1.54) is 0 Å². The van der Waals surface area contributed by atoms with E-state index in [9.17, 15) is 9.59 Å². The highest BCUT2D eigenvalue weighted by Crippen LogP contribution is 2.29. The molecule has 4 aromatic rings. The number of aromatic amines is 1. The van der Waals surface area contributed by atoms with Crippen LogP contribution in [0.25, 0.3) is 21.8 Å². The third-order valence-corrected chi connectivity index (χ3v) is 4.95. The van der Waals surface area contributed by atoms with Crippen LogP contribution >= 0.6 is 0 Å². The maximum atomic E-state index is 13.0. The molecule has 2 N–H and O–H groups in total. The average Bonchev–Trinajstić information content (AvgIpc) is 3.04. The zero-order valence-electron chi connectivity index (χ0n) is 15.1. The van der Waals surface area contributed by atoms with Gasteiger partial charge in [-0.25, -0.2) is 5.10 Å². The number of hydrogen-bond donors (Lipinski definition) is 2. The number of para-hydroxylation sites is 1. The zero-order valence-corrected chi connectivity index (χ0v) is 15.1. The number of aromatic nitrogens is 3. The van der Waals surface area contributed by atoms with Gasteiger partial charge in [-0.3, -0.25) is 9.59 Å². The second kappa shape index (κ2) is 6.72. The second-order valence-electron chi connectivity index (χ2n) is 6.67. The quantitative estimate of drug-likeness (QED) is 0.586. The van der Waals surface area contributed by atoms with E-state index in [2.05, 4.69) is 15.5 Å². The van der Waals surface area contributed by atoms with Crippen molar-refractivity contribution in [3.05, 3.63) is 76.7 Å². The summed E-state index contributed by atoms with van der Waals surface area (Å²) in [4.78, 5) is 25.4. The van der Waals surface area contributed by atoms with Gasteiger partial charge in [0.2, 0.25) is 5.91 Å². The van der Waals surface area contributed by atoms with Crippen LogP contribution in [0.15, 0.2) is 65.6 Å². The Hall–Kier alpha value is -3.41. The topological polar surface area (TPSA) is 79.8 Å². The van der Waals surface area contributed by atoms with Crippen LogP contribution in [0.4, 0.5) is 0 Å². The van der Waals surface area contributed by atoms with E-state index in [-0.39, 0.29) is 17.5 Å². The molecule has 0 aliphatic carbocycles. The summed E-state index contributed by atoms with van der Waals surface area (Å²) in [6, 6.07) is 16.8. The molecule has 0 bridgehead atoms. The fourth-order valence-electron chi connectivity index (χ4n) is 3.54. The molecule has 0 aliphatic heterocycles. The Morgan fingerprint density at radius 2 is 1.74 bits per heavy atom. The van der Waals surface area contributed by atoms with E-state index in [0.717, 1.165) is 21.9 Å². The summed E-state index contributed by atoms with van der Waals surface area (Å²) in [5.41, 5.74) is 2.02. The second-order valence-corrected chi connectivity index (χ2v) is 6.67.